The van der Waals surface area contributed by atoms with Gasteiger partial charge in [0.25, 0.3) is 5.69 Å². The maximum absolute atomic E-state index is 10.6. The van der Waals surface area contributed by atoms with Crippen LogP contribution in [0.25, 0.3) is 0 Å². The van der Waals surface area contributed by atoms with Gasteiger partial charge >= 0.3 is 5.24 Å². The largest absolute Gasteiger partial charge is 0.447 e. The predicted molar refractivity (Wildman–Crippen MR) is 95.2 cm³/mol. The highest BCUT2D eigenvalue weighted by atomic mass is 32.1. The van der Waals surface area contributed by atoms with Crippen molar-refractivity contribution in [1.82, 2.24) is 0 Å². The van der Waals surface area contributed by atoms with Crippen LogP contribution in [-0.2, 0) is 14.2 Å². The highest BCUT2D eigenvalue weighted by Gasteiger charge is 2.47. The molecule has 0 bridgehead atoms. The normalized spacial score (nSPS) is 27.8. The Morgan fingerprint density at radius 3 is 2.52 bits per heavy atom. The van der Waals surface area contributed by atoms with Crippen molar-refractivity contribution in [2.45, 2.75) is 44.1 Å². The molecule has 0 amide bonds. The third-order valence-electron chi connectivity index (χ3n) is 3.79. The molecule has 1 saturated heterocycles. The molecule has 10 nitrogen and oxygen atoms in total. The third-order valence-corrected chi connectivity index (χ3v) is 3.97. The Kier molecular flexibility index (Phi) is 7.83. The van der Waals surface area contributed by atoms with E-state index >= 15 is 0 Å². The first kappa shape index (κ1) is 21.4. The minimum atomic E-state index is -1.38. The molecule has 3 N–H and O–H groups in total. The lowest BCUT2D eigenvalue weighted by Crippen LogP contribution is -2.60. The Labute approximate surface area is 160 Å². The molecule has 0 saturated carbocycles. The van der Waals surface area contributed by atoms with Gasteiger partial charge in [-0.05, 0) is 18.6 Å². The Hall–Kier alpha value is -1.89. The van der Waals surface area contributed by atoms with Crippen molar-refractivity contribution in [3.05, 3.63) is 34.4 Å². The average Bonchev–Trinajstić information content (AvgIpc) is 2.65. The summed E-state index contributed by atoms with van der Waals surface area (Å²) in [6.45, 7) is 1.65. The van der Waals surface area contributed by atoms with E-state index in [-0.39, 0.29) is 11.4 Å². The van der Waals surface area contributed by atoms with Gasteiger partial charge in [0, 0.05) is 31.0 Å². The second-order valence-corrected chi connectivity index (χ2v) is 6.10. The van der Waals surface area contributed by atoms with Crippen LogP contribution in [0.4, 0.5) is 5.69 Å². The number of rotatable bonds is 7. The highest BCUT2D eigenvalue weighted by molar-refractivity contribution is 7.79. The highest BCUT2D eigenvalue weighted by Crippen LogP contribution is 2.25. The number of benzene rings is 1. The molecule has 0 aromatic heterocycles. The Bertz CT molecular complexity index is 641. The van der Waals surface area contributed by atoms with Gasteiger partial charge in [-0.1, -0.05) is 6.92 Å². The molecule has 150 valence electrons. The number of nitro benzene ring substituents is 1. The molecular weight excluding hydrogens is 382 g/mol. The molecule has 1 aliphatic rings. The lowest BCUT2D eigenvalue weighted by molar-refractivity contribution is -0.384. The number of hydrogen-bond donors (Lipinski definition) is 3. The smallest absolute Gasteiger partial charge is 0.358 e. The van der Waals surface area contributed by atoms with Crippen LogP contribution in [0.15, 0.2) is 24.3 Å². The molecular formula is C16H21NO9S. The molecule has 1 heterocycles. The summed E-state index contributed by atoms with van der Waals surface area (Å²) in [6, 6.07) is 5.11. The summed E-state index contributed by atoms with van der Waals surface area (Å²) in [4.78, 5) is 10.1. The molecule has 27 heavy (non-hydrogen) atoms. The van der Waals surface area contributed by atoms with Gasteiger partial charge in [-0.15, -0.1) is 0 Å². The maximum atomic E-state index is 10.6. The van der Waals surface area contributed by atoms with E-state index in [1.54, 1.807) is 0 Å². The van der Waals surface area contributed by atoms with Crippen LogP contribution < -0.4 is 4.74 Å². The van der Waals surface area contributed by atoms with Crippen molar-refractivity contribution >= 4 is 23.1 Å². The maximum Gasteiger partial charge on any atom is 0.358 e. The Balaban J connectivity index is 2.03. The number of nitro groups is 1. The third kappa shape index (κ3) is 5.54. The zero-order valence-corrected chi connectivity index (χ0v) is 15.3. The summed E-state index contributed by atoms with van der Waals surface area (Å²) in [5.74, 6) is 0.180. The number of aliphatic hydroxyl groups is 3. The van der Waals surface area contributed by atoms with Crippen LogP contribution in [-0.4, -0.2) is 69.4 Å². The molecule has 1 aromatic carbocycles. The molecule has 5 atom stereocenters. The molecule has 0 unspecified atom stereocenters. The molecule has 0 spiro atoms. The molecule has 11 heteroatoms. The number of ether oxygens (including phenoxy) is 4. The molecule has 0 radical (unpaired) electrons. The SMILES string of the molecule is CCCO[C@H]1O[C@H](CO)[C@H](O)[C@H](OC(=S)Oc2ccc([N+](=O)[O-])cc2)[C@H]1O. The topological polar surface area (TPSA) is 141 Å². The second kappa shape index (κ2) is 9.88. The van der Waals surface area contributed by atoms with Gasteiger partial charge in [0.05, 0.1) is 11.5 Å². The fourth-order valence-electron chi connectivity index (χ4n) is 2.43. The number of thiocarbonyl (C=S) groups is 1. The molecule has 1 aromatic rings. The number of non-ortho nitro benzene ring substituents is 1. The average molecular weight is 403 g/mol. The van der Waals surface area contributed by atoms with Crippen LogP contribution in [0.1, 0.15) is 13.3 Å². The van der Waals surface area contributed by atoms with Gasteiger partial charge in [0.15, 0.2) is 12.4 Å². The zero-order valence-electron chi connectivity index (χ0n) is 14.5. The van der Waals surface area contributed by atoms with Crippen LogP contribution in [0.3, 0.4) is 0 Å². The minimum Gasteiger partial charge on any atom is -0.447 e. The molecule has 0 aliphatic carbocycles. The van der Waals surface area contributed by atoms with E-state index < -0.39 is 47.5 Å². The minimum absolute atomic E-state index is 0.119. The van der Waals surface area contributed by atoms with Crippen molar-refractivity contribution in [3.8, 4) is 5.75 Å². The van der Waals surface area contributed by atoms with E-state index in [9.17, 15) is 25.4 Å². The van der Waals surface area contributed by atoms with Crippen LogP contribution >= 0.6 is 12.2 Å². The van der Waals surface area contributed by atoms with Crippen molar-refractivity contribution in [2.75, 3.05) is 13.2 Å². The fourth-order valence-corrected chi connectivity index (χ4v) is 2.64. The zero-order chi connectivity index (χ0) is 20.0. The Morgan fingerprint density at radius 2 is 1.96 bits per heavy atom. The van der Waals surface area contributed by atoms with E-state index in [0.717, 1.165) is 0 Å². The number of aliphatic hydroxyl groups excluding tert-OH is 3. The van der Waals surface area contributed by atoms with Crippen LogP contribution in [0.2, 0.25) is 0 Å². The standard InChI is InChI=1S/C16H21NO9S/c1-2-7-23-15-13(20)14(12(19)11(8-18)25-15)26-16(27)24-10-5-3-9(4-6-10)17(21)22/h3-6,11-15,18-20H,2,7-8H2,1H3/t11-,12+,13-,14+,15+/m1/s1. The van der Waals surface area contributed by atoms with E-state index in [0.29, 0.717) is 13.0 Å². The quantitative estimate of drug-likeness (QED) is 0.335. The van der Waals surface area contributed by atoms with Crippen molar-refractivity contribution in [1.29, 1.82) is 0 Å². The van der Waals surface area contributed by atoms with Crippen LogP contribution in [0.5, 0.6) is 5.75 Å². The molecule has 1 aliphatic heterocycles. The van der Waals surface area contributed by atoms with Crippen LogP contribution in [0, 0.1) is 10.1 Å². The number of hydrogen-bond acceptors (Lipinski definition) is 10. The number of nitrogens with zero attached hydrogens (tertiary/aromatic N) is 1. The first-order valence-corrected chi connectivity index (χ1v) is 8.65. The first-order chi connectivity index (χ1) is 12.9. The van der Waals surface area contributed by atoms with E-state index in [1.165, 1.54) is 24.3 Å². The summed E-state index contributed by atoms with van der Waals surface area (Å²) in [5, 5.41) is 40.2. The molecule has 1 fully saturated rings. The summed E-state index contributed by atoms with van der Waals surface area (Å²) in [5.41, 5.74) is -0.119. The predicted octanol–water partition coefficient (Wildman–Crippen LogP) is 0.509. The van der Waals surface area contributed by atoms with Gasteiger partial charge in [-0.25, -0.2) is 0 Å². The lowest BCUT2D eigenvalue weighted by Gasteiger charge is -2.41. The first-order valence-electron chi connectivity index (χ1n) is 8.24. The lowest BCUT2D eigenvalue weighted by atomic mass is 9.99. The summed E-state index contributed by atoms with van der Waals surface area (Å²) in [6.07, 6.45) is -5.51. The summed E-state index contributed by atoms with van der Waals surface area (Å²) < 4.78 is 21.3. The van der Waals surface area contributed by atoms with Crippen molar-refractivity contribution in [2.24, 2.45) is 0 Å². The second-order valence-electron chi connectivity index (χ2n) is 5.76. The van der Waals surface area contributed by atoms with E-state index in [4.69, 9.17) is 31.2 Å². The monoisotopic (exact) mass is 403 g/mol. The Morgan fingerprint density at radius 1 is 1.30 bits per heavy atom. The fraction of sp³-hybridized carbons (Fsp3) is 0.562. The summed E-state index contributed by atoms with van der Waals surface area (Å²) in [7, 11) is 0. The van der Waals surface area contributed by atoms with Gasteiger partial charge in [-0.3, -0.25) is 10.1 Å². The van der Waals surface area contributed by atoms with Gasteiger partial charge in [-0.2, -0.15) is 0 Å². The van der Waals surface area contributed by atoms with Gasteiger partial charge in [0.2, 0.25) is 0 Å². The van der Waals surface area contributed by atoms with Gasteiger partial charge < -0.3 is 34.3 Å². The van der Waals surface area contributed by atoms with Gasteiger partial charge in [0.1, 0.15) is 24.1 Å². The van der Waals surface area contributed by atoms with Crippen molar-refractivity contribution in [3.63, 3.8) is 0 Å². The van der Waals surface area contributed by atoms with E-state index in [1.807, 2.05) is 6.92 Å². The van der Waals surface area contributed by atoms with E-state index in [2.05, 4.69) is 0 Å². The van der Waals surface area contributed by atoms with Crippen molar-refractivity contribution < 1.29 is 39.2 Å². The molecule has 2 rings (SSSR count). The summed E-state index contributed by atoms with van der Waals surface area (Å²) >= 11 is 4.96.